The maximum atomic E-state index is 12.3. The lowest BCUT2D eigenvalue weighted by Crippen LogP contribution is -2.13. The number of aryl methyl sites for hydroxylation is 3. The molecule has 1 aliphatic carbocycles. The summed E-state index contributed by atoms with van der Waals surface area (Å²) >= 11 is 0. The topological polar surface area (TPSA) is 55.1 Å². The van der Waals surface area contributed by atoms with Gasteiger partial charge in [-0.2, -0.15) is 0 Å². The lowest BCUT2D eigenvalue weighted by molar-refractivity contribution is 0.102. The number of amides is 1. The van der Waals surface area contributed by atoms with Crippen molar-refractivity contribution in [2.24, 2.45) is 0 Å². The first-order chi connectivity index (χ1) is 9.63. The third kappa shape index (κ3) is 2.39. The minimum Gasteiger partial charge on any atom is -0.397 e. The summed E-state index contributed by atoms with van der Waals surface area (Å²) in [6.45, 7) is 1.98. The van der Waals surface area contributed by atoms with Gasteiger partial charge in [0.15, 0.2) is 0 Å². The van der Waals surface area contributed by atoms with Gasteiger partial charge in [0.1, 0.15) is 0 Å². The van der Waals surface area contributed by atoms with Gasteiger partial charge >= 0.3 is 0 Å². The van der Waals surface area contributed by atoms with E-state index in [4.69, 9.17) is 5.73 Å². The molecule has 0 spiro atoms. The smallest absolute Gasteiger partial charge is 0.255 e. The minimum absolute atomic E-state index is 0.1000. The van der Waals surface area contributed by atoms with Crippen molar-refractivity contribution in [2.45, 2.75) is 26.2 Å². The Kier molecular flexibility index (Phi) is 3.18. The highest BCUT2D eigenvalue weighted by Gasteiger charge is 2.14. The van der Waals surface area contributed by atoms with Crippen molar-refractivity contribution in [1.82, 2.24) is 0 Å². The normalized spacial score (nSPS) is 13.1. The summed E-state index contributed by atoms with van der Waals surface area (Å²) in [4.78, 5) is 12.3. The van der Waals surface area contributed by atoms with Crippen LogP contribution in [0.4, 0.5) is 11.4 Å². The third-order valence-corrected chi connectivity index (χ3v) is 3.82. The van der Waals surface area contributed by atoms with Crippen LogP contribution in [-0.4, -0.2) is 5.91 Å². The number of fused-ring (bicyclic) bond motifs is 1. The van der Waals surface area contributed by atoms with Crippen LogP contribution in [0.5, 0.6) is 0 Å². The van der Waals surface area contributed by atoms with Crippen LogP contribution < -0.4 is 11.1 Å². The quantitative estimate of drug-likeness (QED) is 0.819. The molecule has 0 heterocycles. The Bertz CT molecular complexity index is 677. The Morgan fingerprint density at radius 1 is 1.10 bits per heavy atom. The van der Waals surface area contributed by atoms with Gasteiger partial charge in [-0.05, 0) is 67.1 Å². The second-order valence-electron chi connectivity index (χ2n) is 5.38. The molecule has 102 valence electrons. The molecule has 0 saturated carbocycles. The average Bonchev–Trinajstić information content (AvgIpc) is 2.90. The SMILES string of the molecule is Cc1ccc(N)c(NC(=O)c2ccc3c(c2)CCC3)c1. The molecule has 0 aliphatic heterocycles. The van der Waals surface area contributed by atoms with Gasteiger partial charge in [-0.15, -0.1) is 0 Å². The molecular formula is C17H18N2O. The van der Waals surface area contributed by atoms with Crippen molar-refractivity contribution in [2.75, 3.05) is 11.1 Å². The molecule has 0 saturated heterocycles. The Hall–Kier alpha value is -2.29. The molecule has 0 aromatic heterocycles. The van der Waals surface area contributed by atoms with Gasteiger partial charge < -0.3 is 11.1 Å². The number of hydrogen-bond donors (Lipinski definition) is 2. The van der Waals surface area contributed by atoms with Crippen LogP contribution in [0.25, 0.3) is 0 Å². The van der Waals surface area contributed by atoms with Gasteiger partial charge in [-0.3, -0.25) is 4.79 Å². The Labute approximate surface area is 118 Å². The molecule has 0 fully saturated rings. The van der Waals surface area contributed by atoms with Crippen LogP contribution in [0, 0.1) is 6.92 Å². The fourth-order valence-electron chi connectivity index (χ4n) is 2.69. The zero-order chi connectivity index (χ0) is 14.1. The largest absolute Gasteiger partial charge is 0.397 e. The second kappa shape index (κ2) is 5.00. The van der Waals surface area contributed by atoms with E-state index in [2.05, 4.69) is 11.4 Å². The summed E-state index contributed by atoms with van der Waals surface area (Å²) < 4.78 is 0. The zero-order valence-corrected chi connectivity index (χ0v) is 11.6. The van der Waals surface area contributed by atoms with Crippen LogP contribution in [0.15, 0.2) is 36.4 Å². The molecule has 0 unspecified atom stereocenters. The number of anilines is 2. The van der Waals surface area contributed by atoms with Crippen LogP contribution in [-0.2, 0) is 12.8 Å². The van der Waals surface area contributed by atoms with E-state index in [0.717, 1.165) is 18.4 Å². The van der Waals surface area contributed by atoms with Gasteiger partial charge in [0.25, 0.3) is 5.91 Å². The lowest BCUT2D eigenvalue weighted by Gasteiger charge is -2.10. The van der Waals surface area contributed by atoms with Gasteiger partial charge in [0.2, 0.25) is 0 Å². The van der Waals surface area contributed by atoms with Gasteiger partial charge in [0.05, 0.1) is 11.4 Å². The molecule has 3 nitrogen and oxygen atoms in total. The predicted molar refractivity (Wildman–Crippen MR) is 82.0 cm³/mol. The van der Waals surface area contributed by atoms with Crippen LogP contribution in [0.1, 0.15) is 33.5 Å². The first-order valence-corrected chi connectivity index (χ1v) is 6.93. The number of carbonyl (C=O) groups excluding carboxylic acids is 1. The first kappa shape index (κ1) is 12.7. The molecule has 0 bridgehead atoms. The highest BCUT2D eigenvalue weighted by molar-refractivity contribution is 6.06. The summed E-state index contributed by atoms with van der Waals surface area (Å²) in [5.41, 5.74) is 11.6. The zero-order valence-electron chi connectivity index (χ0n) is 11.6. The summed E-state index contributed by atoms with van der Waals surface area (Å²) in [7, 11) is 0. The maximum Gasteiger partial charge on any atom is 0.255 e. The molecular weight excluding hydrogens is 248 g/mol. The number of nitrogens with two attached hydrogens (primary N) is 1. The molecule has 20 heavy (non-hydrogen) atoms. The molecule has 3 N–H and O–H groups in total. The summed E-state index contributed by atoms with van der Waals surface area (Å²) in [6.07, 6.45) is 3.39. The van der Waals surface area contributed by atoms with Gasteiger partial charge in [-0.1, -0.05) is 12.1 Å². The standard InChI is InChI=1S/C17H18N2O/c1-11-5-8-15(18)16(9-11)19-17(20)14-7-6-12-3-2-4-13(12)10-14/h5-10H,2-4,18H2,1H3,(H,19,20). The number of carbonyl (C=O) groups is 1. The van der Waals surface area contributed by atoms with Crippen molar-refractivity contribution in [3.63, 3.8) is 0 Å². The van der Waals surface area contributed by atoms with E-state index in [0.29, 0.717) is 16.9 Å². The molecule has 0 atom stereocenters. The molecule has 1 amide bonds. The van der Waals surface area contributed by atoms with E-state index in [1.807, 2.05) is 37.3 Å². The lowest BCUT2D eigenvalue weighted by atomic mass is 10.1. The van der Waals surface area contributed by atoms with Crippen LogP contribution in [0.3, 0.4) is 0 Å². The summed E-state index contributed by atoms with van der Waals surface area (Å²) in [6, 6.07) is 11.6. The minimum atomic E-state index is -0.1000. The molecule has 1 aliphatic rings. The second-order valence-corrected chi connectivity index (χ2v) is 5.38. The van der Waals surface area contributed by atoms with Crippen molar-refractivity contribution < 1.29 is 4.79 Å². The highest BCUT2D eigenvalue weighted by Crippen LogP contribution is 2.24. The van der Waals surface area contributed by atoms with Crippen molar-refractivity contribution in [3.8, 4) is 0 Å². The van der Waals surface area contributed by atoms with Gasteiger partial charge in [0, 0.05) is 5.56 Å². The Balaban J connectivity index is 1.84. The summed E-state index contributed by atoms with van der Waals surface area (Å²) in [5.74, 6) is -0.1000. The molecule has 3 rings (SSSR count). The third-order valence-electron chi connectivity index (χ3n) is 3.82. The number of rotatable bonds is 2. The fourth-order valence-corrected chi connectivity index (χ4v) is 2.69. The van der Waals surface area contributed by atoms with E-state index in [-0.39, 0.29) is 5.91 Å². The van der Waals surface area contributed by atoms with E-state index < -0.39 is 0 Å². The first-order valence-electron chi connectivity index (χ1n) is 6.93. The maximum absolute atomic E-state index is 12.3. The van der Waals surface area contributed by atoms with Crippen molar-refractivity contribution >= 4 is 17.3 Å². The number of nitrogen functional groups attached to an aromatic ring is 1. The Morgan fingerprint density at radius 3 is 2.75 bits per heavy atom. The molecule has 0 radical (unpaired) electrons. The monoisotopic (exact) mass is 266 g/mol. The number of hydrogen-bond acceptors (Lipinski definition) is 2. The van der Waals surface area contributed by atoms with Crippen LogP contribution in [0.2, 0.25) is 0 Å². The van der Waals surface area contributed by atoms with E-state index in [1.165, 1.54) is 17.5 Å². The fraction of sp³-hybridized carbons (Fsp3) is 0.235. The van der Waals surface area contributed by atoms with Gasteiger partial charge in [-0.25, -0.2) is 0 Å². The Morgan fingerprint density at radius 2 is 1.90 bits per heavy atom. The van der Waals surface area contributed by atoms with E-state index in [9.17, 15) is 4.79 Å². The van der Waals surface area contributed by atoms with E-state index >= 15 is 0 Å². The molecule has 2 aromatic carbocycles. The summed E-state index contributed by atoms with van der Waals surface area (Å²) in [5, 5.41) is 2.89. The van der Waals surface area contributed by atoms with Crippen LogP contribution >= 0.6 is 0 Å². The molecule has 3 heteroatoms. The van der Waals surface area contributed by atoms with Crippen molar-refractivity contribution in [3.05, 3.63) is 58.7 Å². The number of benzene rings is 2. The highest BCUT2D eigenvalue weighted by atomic mass is 16.1. The van der Waals surface area contributed by atoms with Crippen molar-refractivity contribution in [1.29, 1.82) is 0 Å². The number of nitrogens with one attached hydrogen (secondary N) is 1. The predicted octanol–water partition coefficient (Wildman–Crippen LogP) is 3.32. The van der Waals surface area contributed by atoms with E-state index in [1.54, 1.807) is 0 Å². The molecule has 2 aromatic rings. The average molecular weight is 266 g/mol.